The molecule has 1 amide bonds. The normalized spacial score (nSPS) is 11.2. The predicted octanol–water partition coefficient (Wildman–Crippen LogP) is 2.90. The highest BCUT2D eigenvalue weighted by molar-refractivity contribution is 7.99. The fourth-order valence-corrected chi connectivity index (χ4v) is 2.20. The molecule has 8 heteroatoms. The van der Waals surface area contributed by atoms with Crippen molar-refractivity contribution in [2.45, 2.75) is 17.7 Å². The van der Waals surface area contributed by atoms with Gasteiger partial charge in [-0.05, 0) is 23.8 Å². The quantitative estimate of drug-likeness (QED) is 0.858. The zero-order valence-corrected chi connectivity index (χ0v) is 12.1. The molecule has 0 spiro atoms. The van der Waals surface area contributed by atoms with Crippen molar-refractivity contribution in [2.75, 3.05) is 5.75 Å². The van der Waals surface area contributed by atoms with Crippen molar-refractivity contribution in [2.24, 2.45) is 0 Å². The Bertz CT molecular complexity index is 617. The van der Waals surface area contributed by atoms with Crippen molar-refractivity contribution in [3.05, 3.63) is 54.0 Å². The van der Waals surface area contributed by atoms with E-state index < -0.39 is 11.7 Å². The molecular formula is C14H12F3N3OS. The van der Waals surface area contributed by atoms with Crippen LogP contribution in [0.25, 0.3) is 0 Å². The standard InChI is InChI=1S/C14H12F3N3OS/c15-14(16,17)11-3-4-13(20-8-11)22-9-12(21)19-7-10-2-1-5-18-6-10/h1-6,8H,7,9H2,(H,19,21). The van der Waals surface area contributed by atoms with Gasteiger partial charge in [0.2, 0.25) is 5.91 Å². The summed E-state index contributed by atoms with van der Waals surface area (Å²) in [5.41, 5.74) is 0.0615. The Morgan fingerprint density at radius 3 is 2.64 bits per heavy atom. The second-order valence-electron chi connectivity index (χ2n) is 4.31. The predicted molar refractivity (Wildman–Crippen MR) is 76.0 cm³/mol. The van der Waals surface area contributed by atoms with Gasteiger partial charge in [0, 0.05) is 25.1 Å². The number of halogens is 3. The first kappa shape index (κ1) is 16.3. The van der Waals surface area contributed by atoms with Gasteiger partial charge in [0.05, 0.1) is 16.3 Å². The average Bonchev–Trinajstić information content (AvgIpc) is 2.51. The zero-order chi connectivity index (χ0) is 16.0. The Kier molecular flexibility index (Phi) is 5.37. The lowest BCUT2D eigenvalue weighted by Crippen LogP contribution is -2.24. The summed E-state index contributed by atoms with van der Waals surface area (Å²) in [5.74, 6) is -0.144. The summed E-state index contributed by atoms with van der Waals surface area (Å²) in [6.45, 7) is 0.355. The zero-order valence-electron chi connectivity index (χ0n) is 11.3. The molecule has 2 heterocycles. The highest BCUT2D eigenvalue weighted by atomic mass is 32.2. The van der Waals surface area contributed by atoms with Gasteiger partial charge in [-0.25, -0.2) is 4.98 Å². The van der Waals surface area contributed by atoms with Crippen molar-refractivity contribution < 1.29 is 18.0 Å². The average molecular weight is 327 g/mol. The molecular weight excluding hydrogens is 315 g/mol. The number of aromatic nitrogens is 2. The van der Waals surface area contributed by atoms with Crippen molar-refractivity contribution >= 4 is 17.7 Å². The van der Waals surface area contributed by atoms with Crippen LogP contribution in [-0.4, -0.2) is 21.6 Å². The SMILES string of the molecule is O=C(CSc1ccc(C(F)(F)F)cn1)NCc1cccnc1. The Balaban J connectivity index is 1.79. The Morgan fingerprint density at radius 2 is 2.05 bits per heavy atom. The fraction of sp³-hybridized carbons (Fsp3) is 0.214. The van der Waals surface area contributed by atoms with Crippen LogP contribution < -0.4 is 5.32 Å². The molecule has 0 aliphatic rings. The van der Waals surface area contributed by atoms with Crippen LogP contribution >= 0.6 is 11.8 Å². The monoisotopic (exact) mass is 327 g/mol. The summed E-state index contributed by atoms with van der Waals surface area (Å²) in [6.07, 6.45) is -0.366. The molecule has 0 fully saturated rings. The molecule has 1 N–H and O–H groups in total. The maximum Gasteiger partial charge on any atom is 0.417 e. The van der Waals surface area contributed by atoms with E-state index in [1.807, 2.05) is 6.07 Å². The number of hydrogen-bond donors (Lipinski definition) is 1. The summed E-state index contributed by atoms with van der Waals surface area (Å²) in [6, 6.07) is 5.80. The third-order valence-electron chi connectivity index (χ3n) is 2.63. The van der Waals surface area contributed by atoms with E-state index in [4.69, 9.17) is 0 Å². The minimum atomic E-state index is -4.41. The lowest BCUT2D eigenvalue weighted by molar-refractivity contribution is -0.137. The van der Waals surface area contributed by atoms with Crippen LogP contribution in [0.15, 0.2) is 47.9 Å². The fourth-order valence-electron chi connectivity index (χ4n) is 1.53. The third-order valence-corrected chi connectivity index (χ3v) is 3.57. The van der Waals surface area contributed by atoms with E-state index in [1.54, 1.807) is 18.5 Å². The van der Waals surface area contributed by atoms with Crippen molar-refractivity contribution in [1.82, 2.24) is 15.3 Å². The van der Waals surface area contributed by atoms with E-state index in [0.29, 0.717) is 11.6 Å². The number of thioether (sulfide) groups is 1. The number of alkyl halides is 3. The van der Waals surface area contributed by atoms with E-state index in [2.05, 4.69) is 15.3 Å². The van der Waals surface area contributed by atoms with Gasteiger partial charge in [0.1, 0.15) is 0 Å². The first-order chi connectivity index (χ1) is 10.4. The maximum absolute atomic E-state index is 12.4. The molecule has 2 rings (SSSR count). The molecule has 0 bridgehead atoms. The summed E-state index contributed by atoms with van der Waals surface area (Å²) < 4.78 is 37.1. The van der Waals surface area contributed by atoms with E-state index in [1.165, 1.54) is 6.07 Å². The second-order valence-corrected chi connectivity index (χ2v) is 5.31. The number of carbonyl (C=O) groups is 1. The Morgan fingerprint density at radius 1 is 1.23 bits per heavy atom. The van der Waals surface area contributed by atoms with Crippen LogP contribution in [0.4, 0.5) is 13.2 Å². The van der Waals surface area contributed by atoms with Gasteiger partial charge >= 0.3 is 6.18 Å². The molecule has 4 nitrogen and oxygen atoms in total. The highest BCUT2D eigenvalue weighted by Crippen LogP contribution is 2.29. The van der Waals surface area contributed by atoms with Crippen molar-refractivity contribution in [3.8, 4) is 0 Å². The number of amides is 1. The van der Waals surface area contributed by atoms with Gasteiger partial charge in [-0.1, -0.05) is 17.8 Å². The van der Waals surface area contributed by atoms with Crippen LogP contribution in [-0.2, 0) is 17.5 Å². The summed E-state index contributed by atoms with van der Waals surface area (Å²) in [5, 5.41) is 3.06. The number of nitrogens with one attached hydrogen (secondary N) is 1. The van der Waals surface area contributed by atoms with Gasteiger partial charge in [-0.15, -0.1) is 0 Å². The molecule has 0 saturated carbocycles. The van der Waals surface area contributed by atoms with Gasteiger partial charge in [-0.3, -0.25) is 9.78 Å². The van der Waals surface area contributed by atoms with E-state index in [-0.39, 0.29) is 11.7 Å². The number of carbonyl (C=O) groups excluding carboxylic acids is 1. The van der Waals surface area contributed by atoms with Crippen molar-refractivity contribution in [3.63, 3.8) is 0 Å². The van der Waals surface area contributed by atoms with E-state index in [9.17, 15) is 18.0 Å². The summed E-state index contributed by atoms with van der Waals surface area (Å²) in [7, 11) is 0. The van der Waals surface area contributed by atoms with Gasteiger partial charge in [-0.2, -0.15) is 13.2 Å². The molecule has 116 valence electrons. The van der Waals surface area contributed by atoms with Gasteiger partial charge in [0.25, 0.3) is 0 Å². The van der Waals surface area contributed by atoms with Crippen LogP contribution in [0.5, 0.6) is 0 Å². The number of nitrogens with zero attached hydrogens (tertiary/aromatic N) is 2. The summed E-state index contributed by atoms with van der Waals surface area (Å²) in [4.78, 5) is 19.3. The molecule has 22 heavy (non-hydrogen) atoms. The molecule has 0 aliphatic carbocycles. The first-order valence-corrected chi connectivity index (χ1v) is 7.25. The van der Waals surface area contributed by atoms with Crippen LogP contribution in [0, 0.1) is 0 Å². The minimum Gasteiger partial charge on any atom is -0.351 e. The minimum absolute atomic E-state index is 0.0820. The molecule has 0 radical (unpaired) electrons. The Labute approximate surface area is 129 Å². The highest BCUT2D eigenvalue weighted by Gasteiger charge is 2.30. The molecule has 0 aromatic carbocycles. The first-order valence-electron chi connectivity index (χ1n) is 6.27. The lowest BCUT2D eigenvalue weighted by Gasteiger charge is -2.07. The van der Waals surface area contributed by atoms with Crippen LogP contribution in [0.1, 0.15) is 11.1 Å². The molecule has 0 unspecified atom stereocenters. The Hall–Kier alpha value is -2.09. The van der Waals surface area contributed by atoms with Gasteiger partial charge in [0.15, 0.2) is 0 Å². The van der Waals surface area contributed by atoms with Crippen LogP contribution in [0.2, 0.25) is 0 Å². The summed E-state index contributed by atoms with van der Waals surface area (Å²) >= 11 is 1.08. The molecule has 0 atom stereocenters. The molecule has 0 saturated heterocycles. The maximum atomic E-state index is 12.4. The number of rotatable bonds is 5. The molecule has 2 aromatic heterocycles. The topological polar surface area (TPSA) is 54.9 Å². The molecule has 0 aliphatic heterocycles. The largest absolute Gasteiger partial charge is 0.417 e. The van der Waals surface area contributed by atoms with E-state index in [0.717, 1.165) is 29.6 Å². The number of hydrogen-bond acceptors (Lipinski definition) is 4. The smallest absolute Gasteiger partial charge is 0.351 e. The molecule has 2 aromatic rings. The van der Waals surface area contributed by atoms with Crippen LogP contribution in [0.3, 0.4) is 0 Å². The van der Waals surface area contributed by atoms with E-state index >= 15 is 0 Å². The third kappa shape index (κ3) is 5.03. The van der Waals surface area contributed by atoms with Gasteiger partial charge < -0.3 is 5.32 Å². The second kappa shape index (κ2) is 7.26. The lowest BCUT2D eigenvalue weighted by atomic mass is 10.3. The number of pyridine rings is 2. The van der Waals surface area contributed by atoms with Crippen molar-refractivity contribution in [1.29, 1.82) is 0 Å².